The molecule has 7 N–H and O–H groups in total. The van der Waals surface area contributed by atoms with Crippen molar-refractivity contribution in [1.82, 2.24) is 31.5 Å². The Balaban J connectivity index is 1.98. The van der Waals surface area contributed by atoms with Crippen molar-refractivity contribution in [2.45, 2.75) is 90.0 Å². The first-order chi connectivity index (χ1) is 23.5. The van der Waals surface area contributed by atoms with Crippen LogP contribution in [0.3, 0.4) is 0 Å². The van der Waals surface area contributed by atoms with E-state index in [0.29, 0.717) is 24.2 Å². The van der Waals surface area contributed by atoms with Gasteiger partial charge in [-0.25, -0.2) is 4.57 Å². The van der Waals surface area contributed by atoms with Gasteiger partial charge in [0.1, 0.15) is 36.0 Å². The van der Waals surface area contributed by atoms with Crippen LogP contribution in [0, 0.1) is 11.8 Å². The lowest BCUT2D eigenvalue weighted by Gasteiger charge is -2.32. The van der Waals surface area contributed by atoms with Gasteiger partial charge < -0.3 is 36.0 Å². The topological polar surface area (TPSA) is 233 Å². The molecule has 2 fully saturated rings. The Hall–Kier alpha value is -3.66. The lowest BCUT2D eigenvalue weighted by molar-refractivity contribution is -0.143. The number of nitrogens with zero attached hydrogens (tertiary/aromatic N) is 1. The second-order valence-electron chi connectivity index (χ2n) is 13.2. The summed E-state index contributed by atoms with van der Waals surface area (Å²) < 4.78 is 15.8. The second-order valence-corrected chi connectivity index (χ2v) is 15.4. The number of carbonyl (C=O) groups is 6. The van der Waals surface area contributed by atoms with Gasteiger partial charge in [-0.3, -0.25) is 38.6 Å². The number of phosphoric acid groups is 1. The lowest BCUT2D eigenvalue weighted by Crippen LogP contribution is -2.61. The van der Waals surface area contributed by atoms with E-state index in [-0.39, 0.29) is 37.5 Å². The van der Waals surface area contributed by atoms with Crippen molar-refractivity contribution in [2.24, 2.45) is 11.8 Å². The Morgan fingerprint density at radius 1 is 0.880 bits per heavy atom. The third-order valence-corrected chi connectivity index (χ3v) is 9.41. The van der Waals surface area contributed by atoms with Gasteiger partial charge in [0.15, 0.2) is 0 Å². The summed E-state index contributed by atoms with van der Waals surface area (Å²) in [6.45, 7) is 6.94. The minimum Gasteiger partial charge on any atom is -0.404 e. The van der Waals surface area contributed by atoms with E-state index in [1.165, 1.54) is 40.9 Å². The van der Waals surface area contributed by atoms with Crippen molar-refractivity contribution in [3.8, 4) is 5.75 Å². The molecule has 0 aromatic heterocycles. The van der Waals surface area contributed by atoms with E-state index in [2.05, 4.69) is 31.1 Å². The van der Waals surface area contributed by atoms with Gasteiger partial charge in [-0.15, -0.1) is 0 Å². The van der Waals surface area contributed by atoms with Gasteiger partial charge in [-0.05, 0) is 67.2 Å². The summed E-state index contributed by atoms with van der Waals surface area (Å²) in [5.41, 5.74) is 0.481. The van der Waals surface area contributed by atoms with Crippen LogP contribution in [-0.2, 0) is 39.8 Å². The van der Waals surface area contributed by atoms with E-state index in [4.69, 9.17) is 9.79 Å². The van der Waals surface area contributed by atoms with Crippen LogP contribution in [0.5, 0.6) is 5.75 Å². The largest absolute Gasteiger partial charge is 0.524 e. The number of hydrogen-bond donors (Lipinski definition) is 7. The molecule has 3 rings (SSSR count). The first-order valence-corrected chi connectivity index (χ1v) is 19.5. The maximum Gasteiger partial charge on any atom is 0.524 e. The zero-order chi connectivity index (χ0) is 37.2. The minimum atomic E-state index is -4.80. The standard InChI is InChI=1S/C32H49N6O10PS/c1-18(2)15-23-28(40)33-17-26(39)34-24(16-20-8-10-21(11-9-20)48-49(45,46)47)30(42)37-27(19(3)4)32(44)38-13-6-7-25(38)31(43)35-22(12-14-50-5)29(41)36-23/h8-11,18-19,22-25,27H,6-7,12-17H2,1-5H3,(H,33,40)(H,34,39)(H,35,43)(H,36,41)(H,37,42)(H2,45,46,47)/t22-,23-,24-,25-,27-/m0/s1. The molecule has 0 radical (unpaired) electrons. The smallest absolute Gasteiger partial charge is 0.404 e. The fourth-order valence-corrected chi connectivity index (χ4v) is 6.67. The lowest BCUT2D eigenvalue weighted by atomic mass is 9.99. The predicted molar refractivity (Wildman–Crippen MR) is 186 cm³/mol. The quantitative estimate of drug-likeness (QED) is 0.160. The molecule has 1 aromatic carbocycles. The number of thioether (sulfide) groups is 1. The minimum absolute atomic E-state index is 0.0181. The highest BCUT2D eigenvalue weighted by atomic mass is 32.2. The maximum atomic E-state index is 14.0. The van der Waals surface area contributed by atoms with E-state index in [9.17, 15) is 33.3 Å². The molecule has 0 bridgehead atoms. The Labute approximate surface area is 296 Å². The van der Waals surface area contributed by atoms with E-state index < -0.39 is 85.9 Å². The van der Waals surface area contributed by atoms with Crippen LogP contribution in [0.15, 0.2) is 24.3 Å². The van der Waals surface area contributed by atoms with Crippen LogP contribution in [0.25, 0.3) is 0 Å². The third kappa shape index (κ3) is 12.3. The van der Waals surface area contributed by atoms with Crippen molar-refractivity contribution >= 4 is 55.0 Å². The number of phosphoric ester groups is 1. The Morgan fingerprint density at radius 3 is 2.12 bits per heavy atom. The Bertz CT molecular complexity index is 1440. The number of carbonyl (C=O) groups excluding carboxylic acids is 6. The Kier molecular flexibility index (Phi) is 15.1. The van der Waals surface area contributed by atoms with Crippen molar-refractivity contribution in [2.75, 3.05) is 25.1 Å². The highest BCUT2D eigenvalue weighted by molar-refractivity contribution is 7.98. The zero-order valence-corrected chi connectivity index (χ0v) is 30.7. The molecule has 50 heavy (non-hydrogen) atoms. The van der Waals surface area contributed by atoms with Gasteiger partial charge in [0.05, 0.1) is 6.54 Å². The molecule has 2 saturated heterocycles. The zero-order valence-electron chi connectivity index (χ0n) is 29.0. The number of rotatable bonds is 10. The molecule has 18 heteroatoms. The van der Waals surface area contributed by atoms with Crippen LogP contribution >= 0.6 is 19.6 Å². The summed E-state index contributed by atoms with van der Waals surface area (Å²) in [5, 5.41) is 13.4. The van der Waals surface area contributed by atoms with Crippen molar-refractivity contribution in [1.29, 1.82) is 0 Å². The summed E-state index contributed by atoms with van der Waals surface area (Å²) in [7, 11) is -4.80. The molecule has 0 unspecified atom stereocenters. The maximum absolute atomic E-state index is 14.0. The molecule has 5 atom stereocenters. The van der Waals surface area contributed by atoms with Gasteiger partial charge >= 0.3 is 7.82 Å². The molecular formula is C32H49N6O10PS. The van der Waals surface area contributed by atoms with Gasteiger partial charge in [0.2, 0.25) is 35.4 Å². The van der Waals surface area contributed by atoms with Gasteiger partial charge in [-0.2, -0.15) is 11.8 Å². The number of benzene rings is 1. The fourth-order valence-electron chi connectivity index (χ4n) is 5.80. The van der Waals surface area contributed by atoms with E-state index in [1.54, 1.807) is 13.8 Å². The average molecular weight is 741 g/mol. The van der Waals surface area contributed by atoms with Crippen LogP contribution in [0.1, 0.15) is 58.9 Å². The SMILES string of the molecule is CSCC[C@@H]1NC(=O)[C@@H]2CCCN2C(=O)[C@H](C(C)C)NC(=O)[C@H](Cc2ccc(OP(=O)(O)O)cc2)NC(=O)CNC(=O)[C@H](CC(C)C)NC1=O. The third-order valence-electron chi connectivity index (χ3n) is 8.32. The molecule has 0 saturated carbocycles. The summed E-state index contributed by atoms with van der Waals surface area (Å²) in [6.07, 6.45) is 3.18. The highest BCUT2D eigenvalue weighted by Gasteiger charge is 2.41. The molecule has 0 spiro atoms. The van der Waals surface area contributed by atoms with Gasteiger partial charge in [-0.1, -0.05) is 39.8 Å². The summed E-state index contributed by atoms with van der Waals surface area (Å²) >= 11 is 1.49. The van der Waals surface area contributed by atoms with Crippen LogP contribution in [-0.4, -0.2) is 105 Å². The van der Waals surface area contributed by atoms with Crippen LogP contribution in [0.4, 0.5) is 0 Å². The molecule has 278 valence electrons. The normalized spacial score (nSPS) is 24.8. The number of hydrogen-bond acceptors (Lipinski definition) is 9. The van der Waals surface area contributed by atoms with E-state index in [0.717, 1.165) is 0 Å². The van der Waals surface area contributed by atoms with Crippen molar-refractivity contribution in [3.63, 3.8) is 0 Å². The molecule has 2 aliphatic heterocycles. The molecule has 2 aliphatic rings. The number of nitrogens with one attached hydrogen (secondary N) is 5. The van der Waals surface area contributed by atoms with Crippen LogP contribution < -0.4 is 31.1 Å². The fraction of sp³-hybridized carbons (Fsp3) is 0.625. The first kappa shape index (κ1) is 40.8. The average Bonchev–Trinajstić information content (AvgIpc) is 3.53. The molecule has 16 nitrogen and oxygen atoms in total. The molecular weight excluding hydrogens is 691 g/mol. The number of fused-ring (bicyclic) bond motifs is 1. The van der Waals surface area contributed by atoms with Gasteiger partial charge in [0.25, 0.3) is 0 Å². The summed E-state index contributed by atoms with van der Waals surface area (Å²) in [6, 6.07) is 0.310. The number of amides is 6. The van der Waals surface area contributed by atoms with E-state index in [1.807, 2.05) is 20.1 Å². The van der Waals surface area contributed by atoms with Crippen LogP contribution in [0.2, 0.25) is 0 Å². The van der Waals surface area contributed by atoms with Crippen molar-refractivity contribution < 1.29 is 47.6 Å². The molecule has 2 heterocycles. The molecule has 6 amide bonds. The van der Waals surface area contributed by atoms with E-state index >= 15 is 0 Å². The second kappa shape index (κ2) is 18.5. The summed E-state index contributed by atoms with van der Waals surface area (Å²) in [5.74, 6) is -3.58. The van der Waals surface area contributed by atoms with Gasteiger partial charge in [0, 0.05) is 13.0 Å². The first-order valence-electron chi connectivity index (χ1n) is 16.6. The monoisotopic (exact) mass is 740 g/mol. The highest BCUT2D eigenvalue weighted by Crippen LogP contribution is 2.37. The molecule has 1 aromatic rings. The molecule has 0 aliphatic carbocycles. The van der Waals surface area contributed by atoms with Crippen molar-refractivity contribution in [3.05, 3.63) is 29.8 Å². The predicted octanol–water partition coefficient (Wildman–Crippen LogP) is 0.216. The summed E-state index contributed by atoms with van der Waals surface area (Å²) in [4.78, 5) is 101. The Morgan fingerprint density at radius 2 is 1.52 bits per heavy atom.